The minimum absolute atomic E-state index is 0. The molecular formula is C13H16NNaO5S. The van der Waals surface area contributed by atoms with Gasteiger partial charge in [0.1, 0.15) is 5.37 Å². The Morgan fingerprint density at radius 1 is 1.62 bits per heavy atom. The van der Waals surface area contributed by atoms with Crippen LogP contribution in [0, 0.1) is 5.92 Å². The van der Waals surface area contributed by atoms with Crippen LogP contribution in [-0.2, 0) is 14.3 Å². The van der Waals surface area contributed by atoms with Crippen LogP contribution in [0.1, 0.15) is 26.2 Å². The smallest absolute Gasteiger partial charge is 0.543 e. The van der Waals surface area contributed by atoms with Crippen LogP contribution in [0.15, 0.2) is 10.6 Å². The van der Waals surface area contributed by atoms with E-state index < -0.39 is 18.0 Å². The van der Waals surface area contributed by atoms with E-state index in [0.717, 1.165) is 12.8 Å². The number of ether oxygens (including phenoxy) is 1. The fourth-order valence-corrected chi connectivity index (χ4v) is 4.63. The Kier molecular flexibility index (Phi) is 5.44. The van der Waals surface area contributed by atoms with Crippen molar-refractivity contribution in [3.05, 3.63) is 10.6 Å². The van der Waals surface area contributed by atoms with E-state index in [-0.39, 0.29) is 52.6 Å². The maximum Gasteiger partial charge on any atom is 1.00 e. The molecule has 3 aliphatic heterocycles. The van der Waals surface area contributed by atoms with Gasteiger partial charge in [0.2, 0.25) is 5.91 Å². The van der Waals surface area contributed by atoms with Crippen molar-refractivity contribution in [2.24, 2.45) is 5.92 Å². The van der Waals surface area contributed by atoms with Gasteiger partial charge in [-0.15, -0.1) is 0 Å². The Morgan fingerprint density at radius 2 is 2.33 bits per heavy atom. The van der Waals surface area contributed by atoms with E-state index >= 15 is 0 Å². The number of hydrogen-bond donors (Lipinski definition) is 1. The van der Waals surface area contributed by atoms with Crippen molar-refractivity contribution in [3.63, 3.8) is 0 Å². The van der Waals surface area contributed by atoms with Crippen LogP contribution in [0.4, 0.5) is 0 Å². The SMILES string of the molecule is CC[C@H](O)[C@@H]1C(=O)N2C(C(=O)[O-])=C([C@H]3CCCO3)S[C@H]12.[Na+]. The van der Waals surface area contributed by atoms with Gasteiger partial charge in [0.25, 0.3) is 0 Å². The van der Waals surface area contributed by atoms with Gasteiger partial charge in [-0.1, -0.05) is 18.7 Å². The molecule has 0 unspecified atom stereocenters. The number of aliphatic hydroxyl groups is 1. The van der Waals surface area contributed by atoms with Gasteiger partial charge in [0.15, 0.2) is 0 Å². The molecule has 2 saturated heterocycles. The zero-order chi connectivity index (χ0) is 14.4. The molecule has 3 aliphatic rings. The summed E-state index contributed by atoms with van der Waals surface area (Å²) in [5.74, 6) is -2.20. The van der Waals surface area contributed by atoms with Crippen molar-refractivity contribution in [2.75, 3.05) is 6.61 Å². The van der Waals surface area contributed by atoms with E-state index in [9.17, 15) is 19.8 Å². The number of nitrogens with zero attached hydrogens (tertiary/aromatic N) is 1. The summed E-state index contributed by atoms with van der Waals surface area (Å²) in [5.41, 5.74) is -0.0588. The van der Waals surface area contributed by atoms with Crippen molar-refractivity contribution >= 4 is 23.6 Å². The van der Waals surface area contributed by atoms with Gasteiger partial charge in [-0.3, -0.25) is 9.69 Å². The molecule has 0 bridgehead atoms. The van der Waals surface area contributed by atoms with Crippen LogP contribution in [0.3, 0.4) is 0 Å². The first kappa shape index (κ1) is 17.3. The largest absolute Gasteiger partial charge is 1.00 e. The molecule has 0 aromatic rings. The molecule has 6 nitrogen and oxygen atoms in total. The van der Waals surface area contributed by atoms with Crippen molar-refractivity contribution in [1.82, 2.24) is 4.90 Å². The van der Waals surface area contributed by atoms with Crippen LogP contribution in [0.25, 0.3) is 0 Å². The summed E-state index contributed by atoms with van der Waals surface area (Å²) >= 11 is 1.33. The molecule has 3 rings (SSSR count). The number of aliphatic carboxylic acids is 1. The third-order valence-electron chi connectivity index (χ3n) is 4.05. The molecule has 1 N–H and O–H groups in total. The Balaban J connectivity index is 0.00000161. The summed E-state index contributed by atoms with van der Waals surface area (Å²) < 4.78 is 5.53. The summed E-state index contributed by atoms with van der Waals surface area (Å²) in [6.07, 6.45) is 1.12. The average Bonchev–Trinajstić information content (AvgIpc) is 3.03. The predicted octanol–water partition coefficient (Wildman–Crippen LogP) is -3.57. The molecule has 8 heteroatoms. The number of carbonyl (C=O) groups excluding carboxylic acids is 2. The molecule has 1 amide bonds. The number of carboxylic acids is 1. The van der Waals surface area contributed by atoms with Gasteiger partial charge in [-0.05, 0) is 19.3 Å². The Labute approximate surface area is 149 Å². The van der Waals surface area contributed by atoms with E-state index in [1.54, 1.807) is 6.92 Å². The minimum Gasteiger partial charge on any atom is -0.543 e. The predicted molar refractivity (Wildman–Crippen MR) is 69.0 cm³/mol. The van der Waals surface area contributed by atoms with Crippen LogP contribution in [0.5, 0.6) is 0 Å². The number of fused-ring (bicyclic) bond motifs is 1. The third-order valence-corrected chi connectivity index (χ3v) is 5.51. The minimum atomic E-state index is -1.34. The average molecular weight is 321 g/mol. The summed E-state index contributed by atoms with van der Waals surface area (Å²) in [5, 5.41) is 20.9. The molecule has 0 aliphatic carbocycles. The van der Waals surface area contributed by atoms with Gasteiger partial charge in [0, 0.05) is 11.5 Å². The molecule has 0 saturated carbocycles. The van der Waals surface area contributed by atoms with Gasteiger partial charge >= 0.3 is 29.6 Å². The van der Waals surface area contributed by atoms with Crippen LogP contribution >= 0.6 is 11.8 Å². The van der Waals surface area contributed by atoms with E-state index in [1.807, 2.05) is 0 Å². The fourth-order valence-electron chi connectivity index (χ4n) is 2.97. The van der Waals surface area contributed by atoms with Crippen molar-refractivity contribution in [3.8, 4) is 0 Å². The van der Waals surface area contributed by atoms with Crippen molar-refractivity contribution in [2.45, 2.75) is 43.8 Å². The molecule has 0 radical (unpaired) electrons. The second-order valence-electron chi connectivity index (χ2n) is 5.22. The summed E-state index contributed by atoms with van der Waals surface area (Å²) in [6.45, 7) is 2.41. The Bertz CT molecular complexity index is 491. The standard InChI is InChI=1S/C13H17NO5S.Na/c1-2-6(15)8-11(16)14-9(13(17)18)10(20-12(8)14)7-4-3-5-19-7;/h6-8,12,15H,2-5H2,1H3,(H,17,18);/q;+1/p-1/t6-,7+,8+,12+;/m0./s1. The summed E-state index contributed by atoms with van der Waals surface area (Å²) in [7, 11) is 0. The number of thioether (sulfide) groups is 1. The first-order valence-corrected chi connectivity index (χ1v) is 7.69. The summed E-state index contributed by atoms with van der Waals surface area (Å²) in [4.78, 5) is 25.3. The van der Waals surface area contributed by atoms with Gasteiger partial charge < -0.3 is 19.7 Å². The number of rotatable bonds is 4. The Hall–Kier alpha value is -0.0500. The molecular weight excluding hydrogens is 305 g/mol. The maximum atomic E-state index is 12.1. The van der Waals surface area contributed by atoms with Gasteiger partial charge in [-0.2, -0.15) is 0 Å². The number of carboxylic acid groups (broad SMARTS) is 1. The van der Waals surface area contributed by atoms with Crippen molar-refractivity contribution in [1.29, 1.82) is 0 Å². The molecule has 110 valence electrons. The van der Waals surface area contributed by atoms with Crippen LogP contribution in [-0.4, -0.2) is 46.1 Å². The third kappa shape index (κ3) is 2.68. The molecule has 2 fully saturated rings. The number of β-lactam (4-membered cyclic amide) rings is 1. The number of carbonyl (C=O) groups is 2. The monoisotopic (exact) mass is 321 g/mol. The first-order chi connectivity index (χ1) is 9.56. The van der Waals surface area contributed by atoms with Gasteiger partial charge in [0.05, 0.1) is 29.8 Å². The molecule has 4 atom stereocenters. The molecule has 0 spiro atoms. The van der Waals surface area contributed by atoms with Gasteiger partial charge in [-0.25, -0.2) is 0 Å². The van der Waals surface area contributed by atoms with E-state index in [0.29, 0.717) is 17.9 Å². The van der Waals surface area contributed by atoms with Crippen molar-refractivity contribution < 1.29 is 54.1 Å². The molecule has 0 aromatic carbocycles. The quantitative estimate of drug-likeness (QED) is 0.426. The Morgan fingerprint density at radius 3 is 2.86 bits per heavy atom. The first-order valence-electron chi connectivity index (χ1n) is 6.81. The topological polar surface area (TPSA) is 89.9 Å². The summed E-state index contributed by atoms with van der Waals surface area (Å²) in [6, 6.07) is 0. The molecule has 21 heavy (non-hydrogen) atoms. The number of amides is 1. The van der Waals surface area contributed by atoms with Crippen LogP contribution in [0.2, 0.25) is 0 Å². The number of aliphatic hydroxyl groups excluding tert-OH is 1. The second kappa shape index (κ2) is 6.60. The molecule has 3 heterocycles. The number of hydrogen-bond acceptors (Lipinski definition) is 6. The second-order valence-corrected chi connectivity index (χ2v) is 6.38. The normalized spacial score (nSPS) is 32.6. The zero-order valence-electron chi connectivity index (χ0n) is 12.1. The van der Waals surface area contributed by atoms with E-state index in [2.05, 4.69) is 0 Å². The van der Waals surface area contributed by atoms with E-state index in [4.69, 9.17) is 4.74 Å². The zero-order valence-corrected chi connectivity index (χ0v) is 14.9. The fraction of sp³-hybridized carbons (Fsp3) is 0.692. The molecule has 0 aromatic heterocycles. The maximum absolute atomic E-state index is 12.1. The van der Waals surface area contributed by atoms with E-state index in [1.165, 1.54) is 16.7 Å². The van der Waals surface area contributed by atoms with Crippen LogP contribution < -0.4 is 34.7 Å².